The number of fused-ring (bicyclic) bond motifs is 1. The number of hydrogen-bond donors (Lipinski definition) is 3. The molecule has 0 atom stereocenters. The highest BCUT2D eigenvalue weighted by molar-refractivity contribution is 7.18. The molecule has 2 rings (SSSR count). The molecule has 1 aromatic carbocycles. The van der Waals surface area contributed by atoms with Crippen molar-refractivity contribution in [3.8, 4) is 5.75 Å². The summed E-state index contributed by atoms with van der Waals surface area (Å²) in [6.07, 6.45) is 0. The Balaban J connectivity index is 2.86. The average molecular weight is 212 g/mol. The maximum absolute atomic E-state index is 13.2. The molecule has 0 bridgehead atoms. The predicted molar refractivity (Wildman–Crippen MR) is 53.3 cm³/mol. The van der Waals surface area contributed by atoms with Crippen molar-refractivity contribution in [1.82, 2.24) is 0 Å². The molecule has 72 valence electrons. The number of hydrogen-bond acceptors (Lipinski definition) is 4. The third-order valence-corrected chi connectivity index (χ3v) is 2.91. The van der Waals surface area contributed by atoms with Crippen LogP contribution in [0.5, 0.6) is 5.75 Å². The van der Waals surface area contributed by atoms with Crippen LogP contribution in [0.3, 0.4) is 0 Å². The third kappa shape index (κ3) is 1.28. The SMILES string of the molecule is OB(O)c1c(F)cc(O)c2ccsc12. The number of thiophene rings is 1. The molecule has 1 heterocycles. The first-order chi connectivity index (χ1) is 6.61. The number of aromatic hydroxyl groups is 1. The van der Waals surface area contributed by atoms with Gasteiger partial charge in [0.05, 0.1) is 0 Å². The van der Waals surface area contributed by atoms with Gasteiger partial charge in [-0.15, -0.1) is 11.3 Å². The molecule has 6 heteroatoms. The molecule has 0 saturated carbocycles. The number of halogens is 1. The van der Waals surface area contributed by atoms with Gasteiger partial charge >= 0.3 is 7.12 Å². The van der Waals surface area contributed by atoms with E-state index in [9.17, 15) is 9.50 Å². The van der Waals surface area contributed by atoms with E-state index >= 15 is 0 Å². The Hall–Kier alpha value is -1.11. The van der Waals surface area contributed by atoms with Crippen molar-refractivity contribution in [3.05, 3.63) is 23.3 Å². The minimum atomic E-state index is -1.86. The van der Waals surface area contributed by atoms with Crippen molar-refractivity contribution in [3.63, 3.8) is 0 Å². The number of rotatable bonds is 1. The minimum Gasteiger partial charge on any atom is -0.507 e. The second-order valence-electron chi connectivity index (χ2n) is 2.83. The lowest BCUT2D eigenvalue weighted by Gasteiger charge is -2.04. The lowest BCUT2D eigenvalue weighted by Crippen LogP contribution is -2.32. The fourth-order valence-electron chi connectivity index (χ4n) is 1.34. The van der Waals surface area contributed by atoms with Gasteiger partial charge in [0, 0.05) is 21.6 Å². The van der Waals surface area contributed by atoms with E-state index in [1.165, 1.54) is 0 Å². The molecular weight excluding hydrogens is 206 g/mol. The second-order valence-corrected chi connectivity index (χ2v) is 3.74. The smallest absolute Gasteiger partial charge is 0.492 e. The summed E-state index contributed by atoms with van der Waals surface area (Å²) < 4.78 is 13.6. The van der Waals surface area contributed by atoms with Crippen LogP contribution >= 0.6 is 11.3 Å². The largest absolute Gasteiger partial charge is 0.507 e. The summed E-state index contributed by atoms with van der Waals surface area (Å²) in [5.74, 6) is -1.00. The first-order valence-corrected chi connectivity index (χ1v) is 4.74. The highest BCUT2D eigenvalue weighted by Crippen LogP contribution is 2.28. The molecule has 3 N–H and O–H groups in total. The van der Waals surface area contributed by atoms with Gasteiger partial charge in [0.1, 0.15) is 11.6 Å². The normalized spacial score (nSPS) is 10.8. The maximum Gasteiger partial charge on any atom is 0.492 e. The topological polar surface area (TPSA) is 60.7 Å². The Morgan fingerprint density at radius 3 is 2.71 bits per heavy atom. The molecule has 1 aromatic heterocycles. The van der Waals surface area contributed by atoms with Crippen LogP contribution < -0.4 is 5.46 Å². The number of benzene rings is 1. The van der Waals surface area contributed by atoms with E-state index < -0.39 is 12.9 Å². The molecule has 0 unspecified atom stereocenters. The molecule has 2 aromatic rings. The van der Waals surface area contributed by atoms with Gasteiger partial charge in [-0.3, -0.25) is 0 Å². The van der Waals surface area contributed by atoms with Crippen molar-refractivity contribution in [2.24, 2.45) is 0 Å². The van der Waals surface area contributed by atoms with Crippen molar-refractivity contribution < 1.29 is 19.5 Å². The van der Waals surface area contributed by atoms with Crippen molar-refractivity contribution in [2.45, 2.75) is 0 Å². The van der Waals surface area contributed by atoms with Crippen LogP contribution in [0.2, 0.25) is 0 Å². The Bertz CT molecular complexity index is 483. The molecule has 0 aliphatic carbocycles. The summed E-state index contributed by atoms with van der Waals surface area (Å²) in [5, 5.41) is 29.3. The standard InChI is InChI=1S/C8H6BFO3S/c10-5-3-6(11)4-1-2-14-8(4)7(5)9(12)13/h1-3,11-13H. The van der Waals surface area contributed by atoms with E-state index in [4.69, 9.17) is 10.0 Å². The third-order valence-electron chi connectivity index (χ3n) is 1.96. The molecule has 3 nitrogen and oxygen atoms in total. The van der Waals surface area contributed by atoms with E-state index in [0.29, 0.717) is 10.1 Å². The summed E-state index contributed by atoms with van der Waals surface area (Å²) in [6.45, 7) is 0. The van der Waals surface area contributed by atoms with Gasteiger partial charge in [-0.25, -0.2) is 4.39 Å². The Labute approximate surface area is 83.2 Å². The number of phenolic OH excluding ortho intramolecular Hbond substituents is 1. The van der Waals surface area contributed by atoms with Crippen LogP contribution in [0.15, 0.2) is 17.5 Å². The van der Waals surface area contributed by atoms with Gasteiger partial charge in [0.25, 0.3) is 0 Å². The Morgan fingerprint density at radius 1 is 1.36 bits per heavy atom. The fourth-order valence-corrected chi connectivity index (χ4v) is 2.31. The minimum absolute atomic E-state index is 0.187. The van der Waals surface area contributed by atoms with E-state index in [1.807, 2.05) is 0 Å². The lowest BCUT2D eigenvalue weighted by molar-refractivity contribution is 0.423. The average Bonchev–Trinajstić information content (AvgIpc) is 2.51. The Morgan fingerprint density at radius 2 is 2.07 bits per heavy atom. The molecule has 14 heavy (non-hydrogen) atoms. The molecule has 0 aliphatic rings. The van der Waals surface area contributed by atoms with Gasteiger partial charge in [-0.05, 0) is 11.4 Å². The van der Waals surface area contributed by atoms with Gasteiger partial charge in [0.15, 0.2) is 0 Å². The summed E-state index contributed by atoms with van der Waals surface area (Å²) in [7, 11) is -1.86. The first kappa shape index (κ1) is 9.45. The second kappa shape index (κ2) is 3.23. The van der Waals surface area contributed by atoms with Crippen LogP contribution in [-0.2, 0) is 0 Å². The van der Waals surface area contributed by atoms with Crippen molar-refractivity contribution in [1.29, 1.82) is 0 Å². The van der Waals surface area contributed by atoms with Crippen LogP contribution in [0, 0.1) is 5.82 Å². The molecule has 0 fully saturated rings. The van der Waals surface area contributed by atoms with Gasteiger partial charge in [-0.1, -0.05) is 0 Å². The van der Waals surface area contributed by atoms with Crippen molar-refractivity contribution in [2.75, 3.05) is 0 Å². The van der Waals surface area contributed by atoms with Crippen LogP contribution in [0.1, 0.15) is 0 Å². The molecule has 0 amide bonds. The summed E-state index contributed by atoms with van der Waals surface area (Å²) in [5.41, 5.74) is -0.187. The zero-order chi connectivity index (χ0) is 10.3. The lowest BCUT2D eigenvalue weighted by atomic mass is 9.79. The summed E-state index contributed by atoms with van der Waals surface area (Å²) in [4.78, 5) is 0. The molecule has 0 saturated heterocycles. The van der Waals surface area contributed by atoms with Gasteiger partial charge in [0.2, 0.25) is 0 Å². The van der Waals surface area contributed by atoms with Crippen molar-refractivity contribution >= 4 is 34.0 Å². The van der Waals surface area contributed by atoms with Crippen LogP contribution in [0.25, 0.3) is 10.1 Å². The zero-order valence-corrected chi connectivity index (χ0v) is 7.75. The maximum atomic E-state index is 13.2. The monoisotopic (exact) mass is 212 g/mol. The summed E-state index contributed by atoms with van der Waals surface area (Å²) >= 11 is 1.15. The fraction of sp³-hybridized carbons (Fsp3) is 0. The Kier molecular flexibility index (Phi) is 2.18. The zero-order valence-electron chi connectivity index (χ0n) is 6.94. The van der Waals surface area contributed by atoms with Gasteiger partial charge in [-0.2, -0.15) is 0 Å². The van der Waals surface area contributed by atoms with E-state index in [0.717, 1.165) is 17.4 Å². The summed E-state index contributed by atoms with van der Waals surface area (Å²) in [6, 6.07) is 2.48. The highest BCUT2D eigenvalue weighted by atomic mass is 32.1. The quantitative estimate of drug-likeness (QED) is 0.600. The van der Waals surface area contributed by atoms with Crippen LogP contribution in [-0.4, -0.2) is 22.3 Å². The van der Waals surface area contributed by atoms with Crippen LogP contribution in [0.4, 0.5) is 4.39 Å². The molecule has 0 radical (unpaired) electrons. The van der Waals surface area contributed by atoms with E-state index in [2.05, 4.69) is 0 Å². The molecule has 0 aliphatic heterocycles. The van der Waals surface area contributed by atoms with E-state index in [-0.39, 0.29) is 11.2 Å². The van der Waals surface area contributed by atoms with Gasteiger partial charge < -0.3 is 15.2 Å². The molecular formula is C8H6BFO3S. The highest BCUT2D eigenvalue weighted by Gasteiger charge is 2.22. The predicted octanol–water partition coefficient (Wildman–Crippen LogP) is 0.426. The van der Waals surface area contributed by atoms with E-state index in [1.54, 1.807) is 11.4 Å². The first-order valence-electron chi connectivity index (χ1n) is 3.86. The molecule has 0 spiro atoms. The number of phenols is 1.